The van der Waals surface area contributed by atoms with Crippen molar-refractivity contribution in [1.82, 2.24) is 19.5 Å². The Labute approximate surface area is 182 Å². The first kappa shape index (κ1) is 20.8. The van der Waals surface area contributed by atoms with E-state index in [2.05, 4.69) is 30.7 Å². The number of halogens is 1. The van der Waals surface area contributed by atoms with E-state index in [-0.39, 0.29) is 11.2 Å². The molecule has 1 aliphatic rings. The summed E-state index contributed by atoms with van der Waals surface area (Å²) in [6, 6.07) is 7.84. The molecule has 7 heteroatoms. The Morgan fingerprint density at radius 3 is 2.70 bits per heavy atom. The summed E-state index contributed by atoms with van der Waals surface area (Å²) >= 11 is 6.39. The van der Waals surface area contributed by atoms with Crippen molar-refractivity contribution in [3.8, 4) is 0 Å². The zero-order valence-corrected chi connectivity index (χ0v) is 18.8. The second-order valence-electron chi connectivity index (χ2n) is 9.26. The highest BCUT2D eigenvalue weighted by Crippen LogP contribution is 2.32. The molecular formula is C23H28ClN5O. The molecule has 4 rings (SSSR count). The van der Waals surface area contributed by atoms with Crippen LogP contribution >= 0.6 is 11.6 Å². The molecule has 3 heterocycles. The van der Waals surface area contributed by atoms with Crippen molar-refractivity contribution in [2.24, 2.45) is 5.92 Å². The smallest absolute Gasteiger partial charge is 0.166 e. The number of rotatable bonds is 5. The minimum absolute atomic E-state index is 0.194. The molecule has 0 unspecified atom stereocenters. The largest absolute Gasteiger partial charge is 0.354 e. The van der Waals surface area contributed by atoms with Crippen LogP contribution in [0.4, 0.5) is 5.82 Å². The number of ketones is 1. The Balaban J connectivity index is 1.76. The number of Topliss-reactive ketones (excluding diaryl/α,β-unsaturated/α-hetero) is 1. The minimum atomic E-state index is -0.194. The van der Waals surface area contributed by atoms with Gasteiger partial charge in [0.25, 0.3) is 0 Å². The summed E-state index contributed by atoms with van der Waals surface area (Å²) in [5.74, 6) is 2.28. The van der Waals surface area contributed by atoms with Crippen LogP contribution in [0.1, 0.15) is 51.9 Å². The van der Waals surface area contributed by atoms with E-state index in [0.29, 0.717) is 18.9 Å². The summed E-state index contributed by atoms with van der Waals surface area (Å²) in [5, 5.41) is 0.733. The van der Waals surface area contributed by atoms with Gasteiger partial charge in [0, 0.05) is 29.9 Å². The first-order valence-corrected chi connectivity index (χ1v) is 10.8. The van der Waals surface area contributed by atoms with E-state index in [4.69, 9.17) is 21.6 Å². The van der Waals surface area contributed by atoms with E-state index < -0.39 is 0 Å². The second kappa shape index (κ2) is 7.99. The average Bonchev–Trinajstić information content (AvgIpc) is 3.29. The molecule has 1 aliphatic heterocycles. The number of carbonyl (C=O) groups is 1. The van der Waals surface area contributed by atoms with Gasteiger partial charge in [0.2, 0.25) is 0 Å². The zero-order chi connectivity index (χ0) is 21.5. The summed E-state index contributed by atoms with van der Waals surface area (Å²) in [4.78, 5) is 28.4. The highest BCUT2D eigenvalue weighted by molar-refractivity contribution is 6.31. The Kier molecular flexibility index (Phi) is 5.53. The van der Waals surface area contributed by atoms with Crippen LogP contribution in [0.5, 0.6) is 0 Å². The lowest BCUT2D eigenvalue weighted by atomic mass is 9.96. The van der Waals surface area contributed by atoms with Gasteiger partial charge in [-0.25, -0.2) is 15.0 Å². The van der Waals surface area contributed by atoms with Crippen molar-refractivity contribution in [3.63, 3.8) is 0 Å². The van der Waals surface area contributed by atoms with Gasteiger partial charge in [-0.2, -0.15) is 0 Å². The van der Waals surface area contributed by atoms with E-state index in [1.807, 2.05) is 35.2 Å². The molecule has 0 amide bonds. The average molecular weight is 426 g/mol. The zero-order valence-electron chi connectivity index (χ0n) is 18.0. The van der Waals surface area contributed by atoms with Crippen LogP contribution in [0.25, 0.3) is 11.2 Å². The quantitative estimate of drug-likeness (QED) is 0.596. The van der Waals surface area contributed by atoms with Crippen LogP contribution in [-0.4, -0.2) is 38.4 Å². The lowest BCUT2D eigenvalue weighted by Gasteiger charge is -2.22. The minimum Gasteiger partial charge on any atom is -0.354 e. The van der Waals surface area contributed by atoms with Crippen molar-refractivity contribution in [1.29, 1.82) is 0 Å². The number of hydrogen-bond donors (Lipinski definition) is 0. The molecule has 1 atom stereocenters. The van der Waals surface area contributed by atoms with Crippen molar-refractivity contribution in [2.75, 3.05) is 18.0 Å². The van der Waals surface area contributed by atoms with Crippen LogP contribution in [-0.2, 0) is 16.8 Å². The normalized spacial score (nSPS) is 17.1. The fourth-order valence-corrected chi connectivity index (χ4v) is 4.20. The highest BCUT2D eigenvalue weighted by atomic mass is 35.5. The van der Waals surface area contributed by atoms with Gasteiger partial charge in [0.05, 0.1) is 12.9 Å². The SMILES string of the molecule is CC(=O)C[C@H]1CCN(c2nc(C(C)(C)C)nc3c2ncn3Cc2ccccc2Cl)C1. The molecule has 158 valence electrons. The van der Waals surface area contributed by atoms with Gasteiger partial charge in [-0.05, 0) is 30.9 Å². The van der Waals surface area contributed by atoms with Crippen LogP contribution < -0.4 is 4.90 Å². The van der Waals surface area contributed by atoms with Crippen LogP contribution in [0.15, 0.2) is 30.6 Å². The molecule has 6 nitrogen and oxygen atoms in total. The van der Waals surface area contributed by atoms with Gasteiger partial charge in [0.15, 0.2) is 17.0 Å². The summed E-state index contributed by atoms with van der Waals surface area (Å²) in [5.41, 5.74) is 2.46. The van der Waals surface area contributed by atoms with E-state index in [0.717, 1.165) is 52.9 Å². The fraction of sp³-hybridized carbons (Fsp3) is 0.478. The fourth-order valence-electron chi connectivity index (χ4n) is 4.01. The Bertz CT molecular complexity index is 1080. The first-order valence-electron chi connectivity index (χ1n) is 10.4. The summed E-state index contributed by atoms with van der Waals surface area (Å²) in [6.07, 6.45) is 3.44. The van der Waals surface area contributed by atoms with Gasteiger partial charge < -0.3 is 14.3 Å². The van der Waals surface area contributed by atoms with Gasteiger partial charge in [-0.3, -0.25) is 0 Å². The topological polar surface area (TPSA) is 63.9 Å². The third kappa shape index (κ3) is 4.19. The molecule has 2 aromatic heterocycles. The van der Waals surface area contributed by atoms with Crippen molar-refractivity contribution in [2.45, 2.75) is 52.5 Å². The highest BCUT2D eigenvalue weighted by Gasteiger charge is 2.29. The van der Waals surface area contributed by atoms with Crippen molar-refractivity contribution in [3.05, 3.63) is 47.0 Å². The lowest BCUT2D eigenvalue weighted by Crippen LogP contribution is -2.25. The predicted molar refractivity (Wildman–Crippen MR) is 120 cm³/mol. The predicted octanol–water partition coefficient (Wildman–Crippen LogP) is 4.63. The van der Waals surface area contributed by atoms with Gasteiger partial charge in [-0.15, -0.1) is 0 Å². The molecule has 3 aromatic rings. The van der Waals surface area contributed by atoms with Crippen LogP contribution in [0.2, 0.25) is 5.02 Å². The molecule has 0 N–H and O–H groups in total. The van der Waals surface area contributed by atoms with Gasteiger partial charge in [0.1, 0.15) is 11.6 Å². The van der Waals surface area contributed by atoms with Gasteiger partial charge >= 0.3 is 0 Å². The number of nitrogens with zero attached hydrogens (tertiary/aromatic N) is 5. The number of aromatic nitrogens is 4. The molecule has 0 spiro atoms. The number of anilines is 1. The molecule has 0 aliphatic carbocycles. The molecule has 0 bridgehead atoms. The summed E-state index contributed by atoms with van der Waals surface area (Å²) in [7, 11) is 0. The maximum atomic E-state index is 11.6. The maximum Gasteiger partial charge on any atom is 0.166 e. The third-order valence-corrected chi connectivity index (χ3v) is 5.95. The molecule has 30 heavy (non-hydrogen) atoms. The Hall–Kier alpha value is -2.47. The third-order valence-electron chi connectivity index (χ3n) is 5.58. The first-order chi connectivity index (χ1) is 14.2. The Morgan fingerprint density at radius 1 is 1.23 bits per heavy atom. The van der Waals surface area contributed by atoms with Crippen molar-refractivity contribution >= 4 is 34.4 Å². The monoisotopic (exact) mass is 425 g/mol. The number of hydrogen-bond acceptors (Lipinski definition) is 5. The van der Waals surface area contributed by atoms with E-state index in [1.165, 1.54) is 0 Å². The molecule has 1 fully saturated rings. The Morgan fingerprint density at radius 2 is 2.00 bits per heavy atom. The van der Waals surface area contributed by atoms with E-state index in [1.54, 1.807) is 6.92 Å². The standard InChI is InChI=1S/C23H28ClN5O/c1-15(30)11-16-9-10-28(12-16)20-19-21(27-22(26-20)23(2,3)4)29(14-25-19)13-17-7-5-6-8-18(17)24/h5-8,14,16H,9-13H2,1-4H3/t16-/m1/s1. The van der Waals surface area contributed by atoms with E-state index >= 15 is 0 Å². The number of fused-ring (bicyclic) bond motifs is 1. The second-order valence-corrected chi connectivity index (χ2v) is 9.67. The lowest BCUT2D eigenvalue weighted by molar-refractivity contribution is -0.117. The number of imidazole rings is 1. The van der Waals surface area contributed by atoms with Crippen molar-refractivity contribution < 1.29 is 4.79 Å². The van der Waals surface area contributed by atoms with Crippen LogP contribution in [0.3, 0.4) is 0 Å². The van der Waals surface area contributed by atoms with Crippen LogP contribution in [0, 0.1) is 5.92 Å². The molecule has 1 aromatic carbocycles. The summed E-state index contributed by atoms with van der Waals surface area (Å²) < 4.78 is 2.04. The van der Waals surface area contributed by atoms with Gasteiger partial charge in [-0.1, -0.05) is 50.6 Å². The molecular weight excluding hydrogens is 398 g/mol. The number of benzene rings is 1. The molecule has 0 saturated carbocycles. The maximum absolute atomic E-state index is 11.6. The molecule has 0 radical (unpaired) electrons. The number of carbonyl (C=O) groups excluding carboxylic acids is 1. The summed E-state index contributed by atoms with van der Waals surface area (Å²) in [6.45, 7) is 10.3. The van der Waals surface area contributed by atoms with E-state index in [9.17, 15) is 4.79 Å². The molecule has 1 saturated heterocycles.